The van der Waals surface area contributed by atoms with E-state index in [9.17, 15) is 9.59 Å². The Morgan fingerprint density at radius 1 is 1.29 bits per heavy atom. The van der Waals surface area contributed by atoms with Crippen LogP contribution < -0.4 is 4.90 Å². The number of anilines is 1. The normalized spacial score (nSPS) is 10.8. The predicted octanol–water partition coefficient (Wildman–Crippen LogP) is 3.24. The van der Waals surface area contributed by atoms with Gasteiger partial charge in [0.2, 0.25) is 0 Å². The zero-order valence-electron chi connectivity index (χ0n) is 12.6. The number of carbonyl (C=O) groups is 2. The van der Waals surface area contributed by atoms with E-state index in [-0.39, 0.29) is 6.42 Å². The maximum atomic E-state index is 12.2. The first-order chi connectivity index (χ1) is 9.73. The number of carbonyl (C=O) groups excluding carboxylic acids is 1. The quantitative estimate of drug-likeness (QED) is 0.846. The Kier molecular flexibility index (Phi) is 5.52. The molecule has 0 saturated carbocycles. The Labute approximate surface area is 124 Å². The van der Waals surface area contributed by atoms with Crippen LogP contribution in [0.5, 0.6) is 0 Å². The number of amides is 1. The lowest BCUT2D eigenvalue weighted by Crippen LogP contribution is -2.37. The van der Waals surface area contributed by atoms with Crippen LogP contribution in [-0.4, -0.2) is 29.3 Å². The first kappa shape index (κ1) is 16.8. The zero-order valence-corrected chi connectivity index (χ0v) is 12.6. The van der Waals surface area contributed by atoms with E-state index in [0.717, 1.165) is 0 Å². The van der Waals surface area contributed by atoms with Gasteiger partial charge in [-0.1, -0.05) is 18.2 Å². The topological polar surface area (TPSA) is 66.8 Å². The number of carboxylic acid groups (broad SMARTS) is 1. The molecule has 0 heterocycles. The number of aliphatic carboxylic acids is 1. The molecule has 1 amide bonds. The van der Waals surface area contributed by atoms with Crippen LogP contribution in [0, 0.1) is 0 Å². The number of ether oxygens (including phenoxy) is 1. The SMILES string of the molecule is C=CCN(C(=O)OC(C)(C)C)c1ccc(CC(=O)O)cc1. The van der Waals surface area contributed by atoms with Crippen molar-refractivity contribution in [2.45, 2.75) is 32.8 Å². The van der Waals surface area contributed by atoms with Gasteiger partial charge in [0.1, 0.15) is 5.60 Å². The second-order valence-corrected chi connectivity index (χ2v) is 5.62. The standard InChI is InChI=1S/C16H21NO4/c1-5-10-17(15(20)21-16(2,3)4)13-8-6-12(7-9-13)11-14(18)19/h5-9H,1,10-11H2,2-4H3,(H,18,19). The van der Waals surface area contributed by atoms with E-state index >= 15 is 0 Å². The summed E-state index contributed by atoms with van der Waals surface area (Å²) >= 11 is 0. The van der Waals surface area contributed by atoms with Crippen LogP contribution in [-0.2, 0) is 16.0 Å². The van der Waals surface area contributed by atoms with E-state index in [0.29, 0.717) is 17.8 Å². The minimum absolute atomic E-state index is 0.0474. The third kappa shape index (κ3) is 5.69. The number of hydrogen-bond donors (Lipinski definition) is 1. The van der Waals surface area contributed by atoms with Crippen molar-refractivity contribution < 1.29 is 19.4 Å². The summed E-state index contributed by atoms with van der Waals surface area (Å²) in [5.41, 5.74) is 0.729. The second kappa shape index (κ2) is 6.92. The largest absolute Gasteiger partial charge is 0.481 e. The molecule has 0 fully saturated rings. The van der Waals surface area contributed by atoms with Crippen LogP contribution in [0.1, 0.15) is 26.3 Å². The van der Waals surface area contributed by atoms with Crippen LogP contribution in [0.15, 0.2) is 36.9 Å². The average molecular weight is 291 g/mol. The van der Waals surface area contributed by atoms with Gasteiger partial charge < -0.3 is 9.84 Å². The van der Waals surface area contributed by atoms with Crippen molar-refractivity contribution >= 4 is 17.7 Å². The molecule has 1 N–H and O–H groups in total. The van der Waals surface area contributed by atoms with Gasteiger partial charge >= 0.3 is 12.1 Å². The van der Waals surface area contributed by atoms with Crippen LogP contribution in [0.3, 0.4) is 0 Å². The molecule has 1 rings (SSSR count). The van der Waals surface area contributed by atoms with Crippen molar-refractivity contribution in [2.75, 3.05) is 11.4 Å². The van der Waals surface area contributed by atoms with E-state index in [2.05, 4.69) is 6.58 Å². The van der Waals surface area contributed by atoms with Crippen LogP contribution >= 0.6 is 0 Å². The molecule has 0 aliphatic carbocycles. The average Bonchev–Trinajstić information content (AvgIpc) is 2.34. The maximum Gasteiger partial charge on any atom is 0.415 e. The number of benzene rings is 1. The maximum absolute atomic E-state index is 12.2. The van der Waals surface area contributed by atoms with Crippen LogP contribution in [0.4, 0.5) is 10.5 Å². The molecule has 0 aliphatic rings. The van der Waals surface area contributed by atoms with E-state index in [1.165, 1.54) is 4.90 Å². The molecule has 1 aromatic carbocycles. The van der Waals surface area contributed by atoms with E-state index in [1.54, 1.807) is 51.1 Å². The first-order valence-electron chi connectivity index (χ1n) is 6.65. The Morgan fingerprint density at radius 2 is 1.86 bits per heavy atom. The minimum atomic E-state index is -0.891. The van der Waals surface area contributed by atoms with E-state index < -0.39 is 17.7 Å². The molecule has 5 nitrogen and oxygen atoms in total. The highest BCUT2D eigenvalue weighted by Crippen LogP contribution is 2.19. The summed E-state index contributed by atoms with van der Waals surface area (Å²) in [5.74, 6) is -0.891. The Hall–Kier alpha value is -2.30. The zero-order chi connectivity index (χ0) is 16.0. The third-order valence-electron chi connectivity index (χ3n) is 2.53. The van der Waals surface area contributed by atoms with Gasteiger partial charge in [-0.25, -0.2) is 4.79 Å². The van der Waals surface area contributed by atoms with E-state index in [1.807, 2.05) is 0 Å². The number of carboxylic acids is 1. The van der Waals surface area contributed by atoms with Gasteiger partial charge in [-0.3, -0.25) is 9.69 Å². The van der Waals surface area contributed by atoms with Gasteiger partial charge in [0.25, 0.3) is 0 Å². The monoisotopic (exact) mass is 291 g/mol. The molecule has 0 radical (unpaired) electrons. The van der Waals surface area contributed by atoms with Crippen molar-refractivity contribution in [1.29, 1.82) is 0 Å². The van der Waals surface area contributed by atoms with Crippen molar-refractivity contribution in [3.63, 3.8) is 0 Å². The summed E-state index contributed by atoms with van der Waals surface area (Å²) < 4.78 is 5.35. The Balaban J connectivity index is 2.92. The Bertz CT molecular complexity index is 514. The van der Waals surface area contributed by atoms with E-state index in [4.69, 9.17) is 9.84 Å². The molecular weight excluding hydrogens is 270 g/mol. The van der Waals surface area contributed by atoms with Crippen molar-refractivity contribution in [3.8, 4) is 0 Å². The molecule has 1 aromatic rings. The lowest BCUT2D eigenvalue weighted by molar-refractivity contribution is -0.136. The fourth-order valence-electron chi connectivity index (χ4n) is 1.70. The molecule has 0 atom stereocenters. The number of hydrogen-bond acceptors (Lipinski definition) is 3. The predicted molar refractivity (Wildman–Crippen MR) is 81.6 cm³/mol. The first-order valence-corrected chi connectivity index (χ1v) is 6.65. The molecule has 21 heavy (non-hydrogen) atoms. The van der Waals surface area contributed by atoms with Gasteiger partial charge in [0, 0.05) is 12.2 Å². The van der Waals surface area contributed by atoms with Gasteiger partial charge in [-0.15, -0.1) is 6.58 Å². The fraction of sp³-hybridized carbons (Fsp3) is 0.375. The summed E-state index contributed by atoms with van der Waals surface area (Å²) in [6, 6.07) is 6.77. The van der Waals surface area contributed by atoms with Gasteiger partial charge in [0.05, 0.1) is 6.42 Å². The smallest absolute Gasteiger partial charge is 0.415 e. The van der Waals surface area contributed by atoms with Gasteiger partial charge in [-0.2, -0.15) is 0 Å². The highest BCUT2D eigenvalue weighted by atomic mass is 16.6. The summed E-state index contributed by atoms with van der Waals surface area (Å²) in [5, 5.41) is 8.75. The molecule has 0 unspecified atom stereocenters. The van der Waals surface area contributed by atoms with Crippen LogP contribution in [0.25, 0.3) is 0 Å². The summed E-state index contributed by atoms with van der Waals surface area (Å²) in [4.78, 5) is 24.3. The molecule has 0 aromatic heterocycles. The van der Waals surface area contributed by atoms with Crippen molar-refractivity contribution in [1.82, 2.24) is 0 Å². The van der Waals surface area contributed by atoms with Crippen molar-refractivity contribution in [3.05, 3.63) is 42.5 Å². The molecule has 0 aliphatic heterocycles. The lowest BCUT2D eigenvalue weighted by Gasteiger charge is -2.26. The molecule has 5 heteroatoms. The lowest BCUT2D eigenvalue weighted by atomic mass is 10.1. The molecule has 0 saturated heterocycles. The van der Waals surface area contributed by atoms with Crippen LogP contribution in [0.2, 0.25) is 0 Å². The molecular formula is C16H21NO4. The minimum Gasteiger partial charge on any atom is -0.481 e. The van der Waals surface area contributed by atoms with Gasteiger partial charge in [-0.05, 0) is 38.5 Å². The summed E-state index contributed by atoms with van der Waals surface area (Å²) in [6.45, 7) is 9.34. The number of rotatable bonds is 5. The third-order valence-corrected chi connectivity index (χ3v) is 2.53. The van der Waals surface area contributed by atoms with Crippen molar-refractivity contribution in [2.24, 2.45) is 0 Å². The van der Waals surface area contributed by atoms with Gasteiger partial charge in [0.15, 0.2) is 0 Å². The second-order valence-electron chi connectivity index (χ2n) is 5.62. The summed E-state index contributed by atoms with van der Waals surface area (Å²) in [6.07, 6.45) is 1.09. The highest BCUT2D eigenvalue weighted by Gasteiger charge is 2.22. The number of nitrogens with zero attached hydrogens (tertiary/aromatic N) is 1. The highest BCUT2D eigenvalue weighted by molar-refractivity contribution is 5.88. The summed E-state index contributed by atoms with van der Waals surface area (Å²) in [7, 11) is 0. The Morgan fingerprint density at radius 3 is 2.29 bits per heavy atom. The fourth-order valence-corrected chi connectivity index (χ4v) is 1.70. The molecule has 0 bridgehead atoms. The molecule has 0 spiro atoms. The molecule has 114 valence electrons.